The number of nitrogens with zero attached hydrogens (tertiary/aromatic N) is 3. The Hall–Kier alpha value is -2.76. The number of H-pyrrole nitrogens is 1. The SMILES string of the molecule is CCc1nc(-c2ccccn2)nc2[nH]cc(C(=O)O)c12. The molecule has 3 heterocycles. The van der Waals surface area contributed by atoms with Crippen LogP contribution in [0.2, 0.25) is 0 Å². The van der Waals surface area contributed by atoms with Crippen LogP contribution in [0.15, 0.2) is 30.6 Å². The third-order valence-corrected chi connectivity index (χ3v) is 3.07. The fourth-order valence-electron chi connectivity index (χ4n) is 2.14. The largest absolute Gasteiger partial charge is 0.478 e. The van der Waals surface area contributed by atoms with Gasteiger partial charge in [-0.25, -0.2) is 14.8 Å². The molecule has 0 aliphatic rings. The minimum atomic E-state index is -0.986. The summed E-state index contributed by atoms with van der Waals surface area (Å²) >= 11 is 0. The minimum absolute atomic E-state index is 0.199. The topological polar surface area (TPSA) is 91.8 Å². The molecule has 0 atom stereocenters. The van der Waals surface area contributed by atoms with Crippen LogP contribution < -0.4 is 0 Å². The number of fused-ring (bicyclic) bond motifs is 1. The van der Waals surface area contributed by atoms with Crippen LogP contribution in [-0.4, -0.2) is 31.0 Å². The van der Waals surface area contributed by atoms with Crippen molar-refractivity contribution in [1.29, 1.82) is 0 Å². The highest BCUT2D eigenvalue weighted by molar-refractivity contribution is 6.03. The lowest BCUT2D eigenvalue weighted by Gasteiger charge is -2.04. The van der Waals surface area contributed by atoms with Gasteiger partial charge in [0.1, 0.15) is 11.3 Å². The van der Waals surface area contributed by atoms with E-state index in [1.54, 1.807) is 6.20 Å². The van der Waals surface area contributed by atoms with Gasteiger partial charge in [0.15, 0.2) is 5.82 Å². The zero-order valence-corrected chi connectivity index (χ0v) is 10.8. The molecule has 0 fully saturated rings. The summed E-state index contributed by atoms with van der Waals surface area (Å²) in [4.78, 5) is 27.1. The molecule has 0 saturated heterocycles. The maximum atomic E-state index is 11.2. The standard InChI is InChI=1S/C14H12N4O2/c1-2-9-11-8(14(19)20)7-16-13(11)18-12(17-9)10-5-3-4-6-15-10/h3-7H,2H2,1H3,(H,19,20)(H,16,17,18). The summed E-state index contributed by atoms with van der Waals surface area (Å²) < 4.78 is 0. The first-order chi connectivity index (χ1) is 9.70. The number of aromatic nitrogens is 4. The molecule has 0 aliphatic heterocycles. The van der Waals surface area contributed by atoms with Crippen LogP contribution >= 0.6 is 0 Å². The van der Waals surface area contributed by atoms with Gasteiger partial charge in [-0.2, -0.15) is 0 Å². The molecule has 0 radical (unpaired) electrons. The molecule has 3 aromatic rings. The predicted molar refractivity (Wildman–Crippen MR) is 73.5 cm³/mol. The van der Waals surface area contributed by atoms with Crippen molar-refractivity contribution in [2.75, 3.05) is 0 Å². The van der Waals surface area contributed by atoms with E-state index in [1.807, 2.05) is 25.1 Å². The molecule has 0 spiro atoms. The summed E-state index contributed by atoms with van der Waals surface area (Å²) in [6.45, 7) is 1.93. The second kappa shape index (κ2) is 4.73. The summed E-state index contributed by atoms with van der Waals surface area (Å²) in [7, 11) is 0. The number of aromatic carboxylic acids is 1. The third-order valence-electron chi connectivity index (χ3n) is 3.07. The van der Waals surface area contributed by atoms with E-state index in [-0.39, 0.29) is 5.56 Å². The van der Waals surface area contributed by atoms with Crippen molar-refractivity contribution in [3.8, 4) is 11.5 Å². The molecular formula is C14H12N4O2. The molecule has 3 aromatic heterocycles. The van der Waals surface area contributed by atoms with E-state index in [4.69, 9.17) is 0 Å². The second-order valence-corrected chi connectivity index (χ2v) is 4.29. The van der Waals surface area contributed by atoms with Crippen LogP contribution in [0.4, 0.5) is 0 Å². The quantitative estimate of drug-likeness (QED) is 0.760. The van der Waals surface area contributed by atoms with E-state index in [9.17, 15) is 9.90 Å². The number of aryl methyl sites for hydroxylation is 1. The van der Waals surface area contributed by atoms with Crippen molar-refractivity contribution >= 4 is 17.0 Å². The molecule has 0 aromatic carbocycles. The van der Waals surface area contributed by atoms with Crippen LogP contribution in [0.25, 0.3) is 22.6 Å². The third kappa shape index (κ3) is 1.91. The van der Waals surface area contributed by atoms with E-state index in [2.05, 4.69) is 19.9 Å². The molecular weight excluding hydrogens is 256 g/mol. The first-order valence-corrected chi connectivity index (χ1v) is 6.23. The minimum Gasteiger partial charge on any atom is -0.478 e. The van der Waals surface area contributed by atoms with Crippen LogP contribution in [-0.2, 0) is 6.42 Å². The molecule has 0 unspecified atom stereocenters. The van der Waals surface area contributed by atoms with Gasteiger partial charge in [0.25, 0.3) is 0 Å². The highest BCUT2D eigenvalue weighted by Crippen LogP contribution is 2.23. The summed E-state index contributed by atoms with van der Waals surface area (Å²) in [5, 5.41) is 9.76. The van der Waals surface area contributed by atoms with Gasteiger partial charge in [0.2, 0.25) is 0 Å². The van der Waals surface area contributed by atoms with Gasteiger partial charge in [-0.05, 0) is 18.6 Å². The monoisotopic (exact) mass is 268 g/mol. The van der Waals surface area contributed by atoms with E-state index in [1.165, 1.54) is 6.20 Å². The van der Waals surface area contributed by atoms with E-state index >= 15 is 0 Å². The Balaban J connectivity index is 2.27. The lowest BCUT2D eigenvalue weighted by molar-refractivity contribution is 0.0699. The van der Waals surface area contributed by atoms with Gasteiger partial charge in [-0.3, -0.25) is 4.98 Å². The highest BCUT2D eigenvalue weighted by Gasteiger charge is 2.17. The summed E-state index contributed by atoms with van der Waals surface area (Å²) in [6, 6.07) is 5.50. The fourth-order valence-corrected chi connectivity index (χ4v) is 2.14. The van der Waals surface area contributed by atoms with Gasteiger partial charge in [-0.15, -0.1) is 0 Å². The zero-order chi connectivity index (χ0) is 14.1. The van der Waals surface area contributed by atoms with Gasteiger partial charge < -0.3 is 10.1 Å². The number of nitrogens with one attached hydrogen (secondary N) is 1. The zero-order valence-electron chi connectivity index (χ0n) is 10.8. The number of pyridine rings is 1. The molecule has 6 nitrogen and oxygen atoms in total. The molecule has 0 aliphatic carbocycles. The molecule has 0 bridgehead atoms. The lowest BCUT2D eigenvalue weighted by atomic mass is 10.1. The first-order valence-electron chi connectivity index (χ1n) is 6.23. The van der Waals surface area contributed by atoms with Gasteiger partial charge in [-0.1, -0.05) is 13.0 Å². The van der Waals surface area contributed by atoms with Crippen LogP contribution in [0.5, 0.6) is 0 Å². The fraction of sp³-hybridized carbons (Fsp3) is 0.143. The van der Waals surface area contributed by atoms with Crippen molar-refractivity contribution in [3.05, 3.63) is 41.9 Å². The lowest BCUT2D eigenvalue weighted by Crippen LogP contribution is -2.01. The molecule has 3 rings (SSSR count). The van der Waals surface area contributed by atoms with E-state index < -0.39 is 5.97 Å². The Morgan fingerprint density at radius 2 is 2.20 bits per heavy atom. The van der Waals surface area contributed by atoms with E-state index in [0.29, 0.717) is 34.7 Å². The Bertz CT molecular complexity index is 780. The Morgan fingerprint density at radius 1 is 1.35 bits per heavy atom. The molecule has 6 heteroatoms. The maximum absolute atomic E-state index is 11.2. The van der Waals surface area contributed by atoms with Crippen LogP contribution in [0, 0.1) is 0 Å². The number of carboxylic acids is 1. The van der Waals surface area contributed by atoms with E-state index in [0.717, 1.165) is 0 Å². The maximum Gasteiger partial charge on any atom is 0.338 e. The van der Waals surface area contributed by atoms with Gasteiger partial charge in [0, 0.05) is 12.4 Å². The molecule has 0 saturated carbocycles. The number of carbonyl (C=O) groups is 1. The molecule has 100 valence electrons. The van der Waals surface area contributed by atoms with Crippen molar-refractivity contribution in [1.82, 2.24) is 19.9 Å². The Kier molecular flexibility index (Phi) is 2.90. The number of hydrogen-bond donors (Lipinski definition) is 2. The summed E-state index contributed by atoms with van der Waals surface area (Å²) in [5.41, 5.74) is 2.09. The number of rotatable bonds is 3. The molecule has 20 heavy (non-hydrogen) atoms. The summed E-state index contributed by atoms with van der Waals surface area (Å²) in [6.07, 6.45) is 3.74. The summed E-state index contributed by atoms with van der Waals surface area (Å²) in [5.74, 6) is -0.492. The Labute approximate surface area is 114 Å². The van der Waals surface area contributed by atoms with Crippen LogP contribution in [0.1, 0.15) is 23.0 Å². The van der Waals surface area contributed by atoms with Crippen LogP contribution in [0.3, 0.4) is 0 Å². The van der Waals surface area contributed by atoms with Gasteiger partial charge in [0.05, 0.1) is 16.6 Å². The number of carboxylic acid groups (broad SMARTS) is 1. The number of hydrogen-bond acceptors (Lipinski definition) is 4. The Morgan fingerprint density at radius 3 is 2.85 bits per heavy atom. The first kappa shape index (κ1) is 12.3. The predicted octanol–water partition coefficient (Wildman–Crippen LogP) is 2.28. The average Bonchev–Trinajstić information content (AvgIpc) is 2.91. The second-order valence-electron chi connectivity index (χ2n) is 4.29. The normalized spacial score (nSPS) is 10.8. The van der Waals surface area contributed by atoms with Crippen molar-refractivity contribution in [3.63, 3.8) is 0 Å². The molecule has 2 N–H and O–H groups in total. The number of aromatic amines is 1. The van der Waals surface area contributed by atoms with Crippen molar-refractivity contribution in [2.45, 2.75) is 13.3 Å². The van der Waals surface area contributed by atoms with Crippen molar-refractivity contribution in [2.24, 2.45) is 0 Å². The molecule has 0 amide bonds. The van der Waals surface area contributed by atoms with Crippen molar-refractivity contribution < 1.29 is 9.90 Å². The average molecular weight is 268 g/mol. The smallest absolute Gasteiger partial charge is 0.338 e. The van der Waals surface area contributed by atoms with Gasteiger partial charge >= 0.3 is 5.97 Å². The highest BCUT2D eigenvalue weighted by atomic mass is 16.4.